The van der Waals surface area contributed by atoms with Crippen LogP contribution in [-0.2, 0) is 0 Å². The second-order valence-corrected chi connectivity index (χ2v) is 4.30. The molecule has 2 bridgehead atoms. The standard InChI is InChI=1S/C9H14F3NO/c10-9(11,12)5-13-6-1-2-7(13)4-8(14)3-6/h6-8,14H,1-5H2/t6-,7+,8+. The lowest BCUT2D eigenvalue weighted by Gasteiger charge is -2.37. The van der Waals surface area contributed by atoms with Crippen LogP contribution < -0.4 is 0 Å². The van der Waals surface area contributed by atoms with E-state index in [9.17, 15) is 18.3 Å². The summed E-state index contributed by atoms with van der Waals surface area (Å²) in [6, 6.07) is -0.101. The predicted molar refractivity (Wildman–Crippen MR) is 44.8 cm³/mol. The molecule has 2 aliphatic heterocycles. The molecule has 5 heteroatoms. The van der Waals surface area contributed by atoms with E-state index in [-0.39, 0.29) is 12.1 Å². The number of halogens is 3. The Bertz CT molecular complexity index is 205. The molecule has 2 rings (SSSR count). The van der Waals surface area contributed by atoms with Gasteiger partial charge in [0.25, 0.3) is 0 Å². The van der Waals surface area contributed by atoms with Crippen molar-refractivity contribution in [1.82, 2.24) is 4.90 Å². The van der Waals surface area contributed by atoms with Crippen molar-refractivity contribution in [2.75, 3.05) is 6.54 Å². The van der Waals surface area contributed by atoms with Gasteiger partial charge in [0.2, 0.25) is 0 Å². The first kappa shape index (κ1) is 10.2. The molecule has 2 aliphatic rings. The lowest BCUT2D eigenvalue weighted by molar-refractivity contribution is -0.158. The maximum atomic E-state index is 12.2. The molecule has 2 nitrogen and oxygen atoms in total. The number of hydrogen-bond acceptors (Lipinski definition) is 2. The molecule has 14 heavy (non-hydrogen) atoms. The number of nitrogens with zero attached hydrogens (tertiary/aromatic N) is 1. The van der Waals surface area contributed by atoms with E-state index in [1.54, 1.807) is 0 Å². The molecule has 0 radical (unpaired) electrons. The molecule has 1 N–H and O–H groups in total. The number of aliphatic hydroxyl groups excluding tert-OH is 1. The van der Waals surface area contributed by atoms with Crippen molar-refractivity contribution in [1.29, 1.82) is 0 Å². The van der Waals surface area contributed by atoms with E-state index in [1.165, 1.54) is 4.90 Å². The zero-order chi connectivity index (χ0) is 10.3. The largest absolute Gasteiger partial charge is 0.401 e. The highest BCUT2D eigenvalue weighted by molar-refractivity contribution is 4.95. The summed E-state index contributed by atoms with van der Waals surface area (Å²) in [4.78, 5) is 1.52. The molecule has 0 spiro atoms. The third-order valence-electron chi connectivity index (χ3n) is 3.22. The fourth-order valence-electron chi connectivity index (χ4n) is 2.71. The van der Waals surface area contributed by atoms with Crippen molar-refractivity contribution in [3.05, 3.63) is 0 Å². The van der Waals surface area contributed by atoms with E-state index < -0.39 is 18.8 Å². The molecule has 2 fully saturated rings. The van der Waals surface area contributed by atoms with E-state index in [2.05, 4.69) is 0 Å². The first-order valence-corrected chi connectivity index (χ1v) is 4.96. The topological polar surface area (TPSA) is 23.5 Å². The molecule has 2 heterocycles. The number of piperidine rings is 1. The number of hydrogen-bond donors (Lipinski definition) is 1. The lowest BCUT2D eigenvalue weighted by atomic mass is 10.00. The molecule has 0 aliphatic carbocycles. The number of rotatable bonds is 1. The quantitative estimate of drug-likeness (QED) is 0.708. The summed E-state index contributed by atoms with van der Waals surface area (Å²) in [5.41, 5.74) is 0. The van der Waals surface area contributed by atoms with Crippen LogP contribution in [0.25, 0.3) is 0 Å². The molecular weight excluding hydrogens is 195 g/mol. The van der Waals surface area contributed by atoms with Crippen molar-refractivity contribution in [3.63, 3.8) is 0 Å². The number of alkyl halides is 3. The first-order chi connectivity index (χ1) is 6.46. The van der Waals surface area contributed by atoms with Gasteiger partial charge in [0.15, 0.2) is 0 Å². The van der Waals surface area contributed by atoms with Crippen LogP contribution >= 0.6 is 0 Å². The van der Waals surface area contributed by atoms with Gasteiger partial charge in [0.1, 0.15) is 0 Å². The average molecular weight is 209 g/mol. The van der Waals surface area contributed by atoms with Gasteiger partial charge >= 0.3 is 6.18 Å². The van der Waals surface area contributed by atoms with Crippen molar-refractivity contribution < 1.29 is 18.3 Å². The van der Waals surface area contributed by atoms with Gasteiger partial charge in [-0.1, -0.05) is 0 Å². The molecule has 0 saturated carbocycles. The van der Waals surface area contributed by atoms with E-state index >= 15 is 0 Å². The van der Waals surface area contributed by atoms with Crippen LogP contribution in [0.1, 0.15) is 25.7 Å². The maximum absolute atomic E-state index is 12.2. The second kappa shape index (κ2) is 3.38. The Morgan fingerprint density at radius 2 is 1.64 bits per heavy atom. The van der Waals surface area contributed by atoms with Crippen molar-refractivity contribution in [2.24, 2.45) is 0 Å². The van der Waals surface area contributed by atoms with Gasteiger partial charge in [-0.05, 0) is 25.7 Å². The van der Waals surface area contributed by atoms with Gasteiger partial charge in [-0.15, -0.1) is 0 Å². The average Bonchev–Trinajstić information content (AvgIpc) is 2.31. The third kappa shape index (κ3) is 2.03. The number of fused-ring (bicyclic) bond motifs is 2. The van der Waals surface area contributed by atoms with Gasteiger partial charge < -0.3 is 5.11 Å². The van der Waals surface area contributed by atoms with Crippen LogP contribution in [-0.4, -0.2) is 40.9 Å². The Labute approximate surface area is 80.7 Å². The SMILES string of the molecule is O[C@H]1C[C@H]2CC[C@@H](C1)N2CC(F)(F)F. The van der Waals surface area contributed by atoms with Gasteiger partial charge in [0.05, 0.1) is 12.6 Å². The molecule has 82 valence electrons. The lowest BCUT2D eigenvalue weighted by Crippen LogP contribution is -2.48. The van der Waals surface area contributed by atoms with E-state index in [1.807, 2.05) is 0 Å². The van der Waals surface area contributed by atoms with Crippen molar-refractivity contribution >= 4 is 0 Å². The minimum Gasteiger partial charge on any atom is -0.393 e. The fourth-order valence-corrected chi connectivity index (χ4v) is 2.71. The molecule has 0 aromatic heterocycles. The Hall–Kier alpha value is -0.290. The summed E-state index contributed by atoms with van der Waals surface area (Å²) >= 11 is 0. The molecular formula is C9H14F3NO. The Morgan fingerprint density at radius 3 is 2.07 bits per heavy atom. The molecule has 2 saturated heterocycles. The highest BCUT2D eigenvalue weighted by Gasteiger charge is 2.44. The number of aliphatic hydroxyl groups is 1. The summed E-state index contributed by atoms with van der Waals surface area (Å²) in [6.07, 6.45) is -1.88. The summed E-state index contributed by atoms with van der Waals surface area (Å²) < 4.78 is 36.6. The summed E-state index contributed by atoms with van der Waals surface area (Å²) in [5.74, 6) is 0. The molecule has 0 amide bonds. The third-order valence-corrected chi connectivity index (χ3v) is 3.22. The van der Waals surface area contributed by atoms with E-state index in [0.717, 1.165) is 12.8 Å². The second-order valence-electron chi connectivity index (χ2n) is 4.30. The minimum absolute atomic E-state index is 0.0506. The molecule has 0 aromatic rings. The summed E-state index contributed by atoms with van der Waals surface area (Å²) in [6.45, 7) is -0.810. The van der Waals surface area contributed by atoms with Crippen LogP contribution in [0.4, 0.5) is 13.2 Å². The molecule has 0 aromatic carbocycles. The monoisotopic (exact) mass is 209 g/mol. The molecule has 3 atom stereocenters. The van der Waals surface area contributed by atoms with E-state index in [0.29, 0.717) is 12.8 Å². The van der Waals surface area contributed by atoms with Crippen LogP contribution in [0.3, 0.4) is 0 Å². The predicted octanol–water partition coefficient (Wildman–Crippen LogP) is 1.54. The van der Waals surface area contributed by atoms with Crippen LogP contribution in [0, 0.1) is 0 Å². The summed E-state index contributed by atoms with van der Waals surface area (Å²) in [5, 5.41) is 9.40. The maximum Gasteiger partial charge on any atom is 0.401 e. The zero-order valence-corrected chi connectivity index (χ0v) is 7.80. The van der Waals surface area contributed by atoms with Crippen LogP contribution in [0.5, 0.6) is 0 Å². The minimum atomic E-state index is -4.11. The normalized spacial score (nSPS) is 39.0. The van der Waals surface area contributed by atoms with Crippen LogP contribution in [0.2, 0.25) is 0 Å². The molecule has 0 unspecified atom stereocenters. The highest BCUT2D eigenvalue weighted by Crippen LogP contribution is 2.37. The Balaban J connectivity index is 2.01. The highest BCUT2D eigenvalue weighted by atomic mass is 19.4. The summed E-state index contributed by atoms with van der Waals surface area (Å²) in [7, 11) is 0. The van der Waals surface area contributed by atoms with Gasteiger partial charge in [-0.25, -0.2) is 0 Å². The Kier molecular flexibility index (Phi) is 2.47. The first-order valence-electron chi connectivity index (χ1n) is 4.96. The van der Waals surface area contributed by atoms with E-state index in [4.69, 9.17) is 0 Å². The van der Waals surface area contributed by atoms with Crippen molar-refractivity contribution in [2.45, 2.75) is 50.0 Å². The van der Waals surface area contributed by atoms with Crippen molar-refractivity contribution in [3.8, 4) is 0 Å². The zero-order valence-electron chi connectivity index (χ0n) is 7.80. The van der Waals surface area contributed by atoms with Gasteiger partial charge in [-0.3, -0.25) is 4.90 Å². The van der Waals surface area contributed by atoms with Gasteiger partial charge in [-0.2, -0.15) is 13.2 Å². The Morgan fingerprint density at radius 1 is 1.14 bits per heavy atom. The smallest absolute Gasteiger partial charge is 0.393 e. The van der Waals surface area contributed by atoms with Crippen LogP contribution in [0.15, 0.2) is 0 Å². The van der Waals surface area contributed by atoms with Gasteiger partial charge in [0, 0.05) is 12.1 Å². The fraction of sp³-hybridized carbons (Fsp3) is 1.00.